The van der Waals surface area contributed by atoms with Crippen LogP contribution < -0.4 is 10.6 Å². The maximum absolute atomic E-state index is 9.76. The van der Waals surface area contributed by atoms with E-state index in [9.17, 15) is 5.11 Å². The lowest BCUT2D eigenvalue weighted by molar-refractivity contribution is 0.0969. The summed E-state index contributed by atoms with van der Waals surface area (Å²) in [6.45, 7) is 5.46. The van der Waals surface area contributed by atoms with Gasteiger partial charge in [-0.2, -0.15) is 0 Å². The predicted molar refractivity (Wildman–Crippen MR) is 72.0 cm³/mol. The van der Waals surface area contributed by atoms with Gasteiger partial charge in [-0.3, -0.25) is 5.41 Å². The Kier molecular flexibility index (Phi) is 3.52. The standard InChI is InChI=1S/C13H20N4O/c1-8-3-5-16-13(11(8)12(14)15)17-6-4-10(18)9(2)7-17/h3,5,9-10,18H,4,6-7H2,1-2H3,(H3,14,15). The SMILES string of the molecule is Cc1ccnc(N2CCC(O)C(C)C2)c1C(=N)N. The molecule has 2 unspecified atom stereocenters. The summed E-state index contributed by atoms with van der Waals surface area (Å²) in [5, 5.41) is 17.4. The van der Waals surface area contributed by atoms with Gasteiger partial charge in [0.05, 0.1) is 11.7 Å². The Morgan fingerprint density at radius 1 is 1.61 bits per heavy atom. The number of piperidine rings is 1. The number of pyridine rings is 1. The number of anilines is 1. The van der Waals surface area contributed by atoms with E-state index in [1.807, 2.05) is 19.9 Å². The molecule has 5 heteroatoms. The molecule has 0 radical (unpaired) electrons. The van der Waals surface area contributed by atoms with Crippen molar-refractivity contribution in [3.63, 3.8) is 0 Å². The first kappa shape index (κ1) is 12.8. The number of nitrogens with two attached hydrogens (primary N) is 1. The molecule has 2 rings (SSSR count). The van der Waals surface area contributed by atoms with E-state index < -0.39 is 0 Å². The second-order valence-corrected chi connectivity index (χ2v) is 5.02. The van der Waals surface area contributed by atoms with Crippen molar-refractivity contribution in [1.82, 2.24) is 4.98 Å². The number of aliphatic hydroxyl groups is 1. The van der Waals surface area contributed by atoms with Crippen LogP contribution in [0.4, 0.5) is 5.82 Å². The Labute approximate surface area is 107 Å². The number of hydrogen-bond donors (Lipinski definition) is 3. The molecule has 98 valence electrons. The molecule has 2 heterocycles. The first-order chi connectivity index (χ1) is 8.50. The molecule has 0 saturated carbocycles. The molecule has 0 spiro atoms. The van der Waals surface area contributed by atoms with E-state index >= 15 is 0 Å². The summed E-state index contributed by atoms with van der Waals surface area (Å²) in [6.07, 6.45) is 2.23. The number of nitrogen functional groups attached to an aromatic ring is 1. The normalized spacial score (nSPS) is 24.1. The molecule has 1 aromatic rings. The van der Waals surface area contributed by atoms with Crippen molar-refractivity contribution in [2.75, 3.05) is 18.0 Å². The van der Waals surface area contributed by atoms with Crippen LogP contribution in [-0.2, 0) is 0 Å². The number of nitrogens with zero attached hydrogens (tertiary/aromatic N) is 2. The maximum Gasteiger partial charge on any atom is 0.139 e. The second kappa shape index (κ2) is 4.94. The lowest BCUT2D eigenvalue weighted by Gasteiger charge is -2.36. The van der Waals surface area contributed by atoms with Gasteiger partial charge in [0.25, 0.3) is 0 Å². The third-order valence-corrected chi connectivity index (χ3v) is 3.57. The number of rotatable bonds is 2. The van der Waals surface area contributed by atoms with Crippen molar-refractivity contribution in [3.05, 3.63) is 23.4 Å². The van der Waals surface area contributed by atoms with E-state index in [0.717, 1.165) is 30.9 Å². The average Bonchev–Trinajstić information content (AvgIpc) is 2.32. The summed E-state index contributed by atoms with van der Waals surface area (Å²) in [5.41, 5.74) is 7.32. The van der Waals surface area contributed by atoms with E-state index in [1.165, 1.54) is 0 Å². The lowest BCUT2D eigenvalue weighted by Crippen LogP contribution is -2.43. The monoisotopic (exact) mass is 248 g/mol. The molecule has 2 atom stereocenters. The van der Waals surface area contributed by atoms with Crippen LogP contribution in [0.2, 0.25) is 0 Å². The van der Waals surface area contributed by atoms with E-state index in [2.05, 4.69) is 9.88 Å². The molecule has 0 bridgehead atoms. The number of aliphatic hydroxyl groups excluding tert-OH is 1. The highest BCUT2D eigenvalue weighted by molar-refractivity contribution is 6.01. The van der Waals surface area contributed by atoms with Gasteiger partial charge in [0.15, 0.2) is 0 Å². The molecule has 0 amide bonds. The molecule has 1 saturated heterocycles. The minimum Gasteiger partial charge on any atom is -0.393 e. The van der Waals surface area contributed by atoms with E-state index in [1.54, 1.807) is 6.20 Å². The summed E-state index contributed by atoms with van der Waals surface area (Å²) in [6, 6.07) is 1.86. The van der Waals surface area contributed by atoms with Crippen molar-refractivity contribution in [2.24, 2.45) is 11.7 Å². The van der Waals surface area contributed by atoms with Gasteiger partial charge in [-0.25, -0.2) is 4.98 Å². The summed E-state index contributed by atoms with van der Waals surface area (Å²) >= 11 is 0. The highest BCUT2D eigenvalue weighted by Crippen LogP contribution is 2.26. The van der Waals surface area contributed by atoms with E-state index in [0.29, 0.717) is 5.56 Å². The second-order valence-electron chi connectivity index (χ2n) is 5.02. The molecular formula is C13H20N4O. The minimum absolute atomic E-state index is 0.0503. The number of nitrogens with one attached hydrogen (secondary N) is 1. The largest absolute Gasteiger partial charge is 0.393 e. The molecule has 5 nitrogen and oxygen atoms in total. The smallest absolute Gasteiger partial charge is 0.139 e. The Hall–Kier alpha value is -1.62. The predicted octanol–water partition coefficient (Wildman–Crippen LogP) is 0.881. The summed E-state index contributed by atoms with van der Waals surface area (Å²) in [5.74, 6) is 1.02. The molecule has 1 aliphatic heterocycles. The van der Waals surface area contributed by atoms with Gasteiger partial charge in [-0.1, -0.05) is 6.92 Å². The van der Waals surface area contributed by atoms with Gasteiger partial charge >= 0.3 is 0 Å². The fraction of sp³-hybridized carbons (Fsp3) is 0.538. The molecular weight excluding hydrogens is 228 g/mol. The molecule has 0 aromatic carbocycles. The Morgan fingerprint density at radius 2 is 2.33 bits per heavy atom. The van der Waals surface area contributed by atoms with Gasteiger partial charge in [0.2, 0.25) is 0 Å². The zero-order valence-electron chi connectivity index (χ0n) is 10.8. The minimum atomic E-state index is -0.244. The van der Waals surface area contributed by atoms with Crippen molar-refractivity contribution < 1.29 is 5.11 Å². The fourth-order valence-corrected chi connectivity index (χ4v) is 2.44. The Balaban J connectivity index is 2.34. The Morgan fingerprint density at radius 3 is 2.94 bits per heavy atom. The van der Waals surface area contributed by atoms with Crippen molar-refractivity contribution in [3.8, 4) is 0 Å². The van der Waals surface area contributed by atoms with Crippen LogP contribution in [0.5, 0.6) is 0 Å². The van der Waals surface area contributed by atoms with Crippen molar-refractivity contribution in [1.29, 1.82) is 5.41 Å². The van der Waals surface area contributed by atoms with Crippen LogP contribution in [0.25, 0.3) is 0 Å². The zero-order valence-corrected chi connectivity index (χ0v) is 10.8. The topological polar surface area (TPSA) is 86.2 Å². The van der Waals surface area contributed by atoms with Crippen LogP contribution in [0.15, 0.2) is 12.3 Å². The van der Waals surface area contributed by atoms with Gasteiger partial charge in [0, 0.05) is 19.3 Å². The zero-order chi connectivity index (χ0) is 13.3. The number of hydrogen-bond acceptors (Lipinski definition) is 4. The third kappa shape index (κ3) is 2.31. The molecule has 4 N–H and O–H groups in total. The van der Waals surface area contributed by atoms with Crippen LogP contribution in [0, 0.1) is 18.3 Å². The van der Waals surface area contributed by atoms with Gasteiger partial charge in [-0.05, 0) is 30.9 Å². The van der Waals surface area contributed by atoms with E-state index in [4.69, 9.17) is 11.1 Å². The van der Waals surface area contributed by atoms with Crippen LogP contribution in [0.3, 0.4) is 0 Å². The Bertz CT molecular complexity index is 460. The molecule has 18 heavy (non-hydrogen) atoms. The van der Waals surface area contributed by atoms with Crippen molar-refractivity contribution in [2.45, 2.75) is 26.4 Å². The van der Waals surface area contributed by atoms with Gasteiger partial charge < -0.3 is 15.7 Å². The van der Waals surface area contributed by atoms with Crippen LogP contribution in [-0.4, -0.2) is 35.1 Å². The first-order valence-electron chi connectivity index (χ1n) is 6.23. The highest BCUT2D eigenvalue weighted by atomic mass is 16.3. The highest BCUT2D eigenvalue weighted by Gasteiger charge is 2.27. The third-order valence-electron chi connectivity index (χ3n) is 3.57. The molecule has 1 fully saturated rings. The summed E-state index contributed by atoms with van der Waals surface area (Å²) in [7, 11) is 0. The molecule has 0 aliphatic carbocycles. The molecule has 1 aliphatic rings. The van der Waals surface area contributed by atoms with Gasteiger partial charge in [0.1, 0.15) is 11.7 Å². The first-order valence-corrected chi connectivity index (χ1v) is 6.23. The maximum atomic E-state index is 9.76. The number of aryl methyl sites for hydroxylation is 1. The quantitative estimate of drug-likeness (QED) is 0.535. The van der Waals surface area contributed by atoms with Gasteiger partial charge in [-0.15, -0.1) is 0 Å². The lowest BCUT2D eigenvalue weighted by atomic mass is 9.96. The van der Waals surface area contributed by atoms with E-state index in [-0.39, 0.29) is 17.9 Å². The molecule has 1 aromatic heterocycles. The number of aromatic nitrogens is 1. The fourth-order valence-electron chi connectivity index (χ4n) is 2.44. The average molecular weight is 248 g/mol. The summed E-state index contributed by atoms with van der Waals surface area (Å²) in [4.78, 5) is 6.48. The number of amidine groups is 1. The van der Waals surface area contributed by atoms with Crippen LogP contribution >= 0.6 is 0 Å². The summed E-state index contributed by atoms with van der Waals surface area (Å²) < 4.78 is 0. The van der Waals surface area contributed by atoms with Crippen molar-refractivity contribution >= 4 is 11.7 Å². The van der Waals surface area contributed by atoms with Crippen LogP contribution in [0.1, 0.15) is 24.5 Å².